The van der Waals surface area contributed by atoms with Crippen LogP contribution < -0.4 is 26.8 Å². The van der Waals surface area contributed by atoms with Gasteiger partial charge in [-0.25, -0.2) is 61.7 Å². The van der Waals surface area contributed by atoms with Crippen LogP contribution in [-0.2, 0) is 68.9 Å². The number of anilines is 4. The van der Waals surface area contributed by atoms with Gasteiger partial charge >= 0.3 is 0 Å². The second kappa shape index (κ2) is 34.7. The van der Waals surface area contributed by atoms with Crippen LogP contribution in [0.15, 0.2) is 203 Å². The molecule has 2 unspecified atom stereocenters. The summed E-state index contributed by atoms with van der Waals surface area (Å²) in [6.07, 6.45) is 3.65. The number of amides is 6. The Morgan fingerprint density at radius 3 is 1.37 bits per heavy atom. The lowest BCUT2D eigenvalue weighted by Gasteiger charge is -2.29. The van der Waals surface area contributed by atoms with E-state index in [1.807, 2.05) is 73.6 Å². The van der Waals surface area contributed by atoms with Crippen molar-refractivity contribution in [1.82, 2.24) is 17.2 Å². The number of aryl methyl sites for hydroxylation is 2. The minimum absolute atomic E-state index is 0.0325. The van der Waals surface area contributed by atoms with E-state index in [2.05, 4.69) is 16.0 Å². The predicted octanol–water partition coefficient (Wildman–Crippen LogP) is 11.8. The Morgan fingerprint density at radius 2 is 0.861 bits per heavy atom. The standard InChI is InChI=1S/C16H17N3O4S.C16H16N2O4S.2C15H14N2O4S2.4C2H6/c1-10-8-12-13(9-10)24(22,23)18(2)15(20)14(12)16(21)19(17)11-6-4-3-5-7-11;1-10-8-12-13(9-10)23(21,22)18(2)16(20)14(12)15(19)17-11-6-4-3-5-7-11;2*1-9-8-11-12(13(18)16-10-6-4-3-5-7-10)14(19)17(2)23(20,21)15(11)22-9;4*1-2/h3-7,9,20H,8,17H2,1-2H3;3-7,9,14H,8H2,1-2H3,(H,17,19);3-8,19H,1-2H3,(H,16,18);3-8,12H,1-2H3,(H,16,18);4*1-2H3. The summed E-state index contributed by atoms with van der Waals surface area (Å²) in [6, 6.07) is 37.9. The molecule has 101 heavy (non-hydrogen) atoms. The number of nitrogens with one attached hydrogen (secondary N) is 3. The summed E-state index contributed by atoms with van der Waals surface area (Å²) in [5.41, 5.74) is 4.69. The molecule has 0 radical (unpaired) electrons. The van der Waals surface area contributed by atoms with Crippen molar-refractivity contribution in [3.05, 3.63) is 216 Å². The van der Waals surface area contributed by atoms with E-state index in [4.69, 9.17) is 5.84 Å². The molecule has 6 heterocycles. The Labute approximate surface area is 599 Å². The van der Waals surface area contributed by atoms with Crippen molar-refractivity contribution in [3.8, 4) is 0 Å². The van der Waals surface area contributed by atoms with Crippen molar-refractivity contribution in [2.45, 2.75) is 110 Å². The Morgan fingerprint density at radius 1 is 0.485 bits per heavy atom. The molecule has 0 fully saturated rings. The Kier molecular flexibility index (Phi) is 28.2. The Bertz CT molecular complexity index is 4780. The highest BCUT2D eigenvalue weighted by atomic mass is 32.3. The van der Waals surface area contributed by atoms with Gasteiger partial charge in [0, 0.05) is 66.1 Å². The van der Waals surface area contributed by atoms with E-state index in [1.54, 1.807) is 143 Å². The first-order chi connectivity index (χ1) is 47.7. The molecule has 0 spiro atoms. The minimum Gasteiger partial charge on any atom is -0.493 e. The number of rotatable bonds is 8. The molecule has 4 aliphatic heterocycles. The number of aliphatic hydroxyl groups is 2. The zero-order chi connectivity index (χ0) is 76.0. The first-order valence-corrected chi connectivity index (χ1v) is 39.2. The van der Waals surface area contributed by atoms with Crippen molar-refractivity contribution in [2.75, 3.05) is 49.1 Å². The molecular weight excluding hydrogens is 1420 g/mol. The lowest BCUT2D eigenvalue weighted by molar-refractivity contribution is -0.135. The summed E-state index contributed by atoms with van der Waals surface area (Å²) in [5.74, 6) is -1.34. The molecule has 6 aliphatic rings. The summed E-state index contributed by atoms with van der Waals surface area (Å²) >= 11 is 2.14. The van der Waals surface area contributed by atoms with E-state index in [-0.39, 0.29) is 52.5 Å². The number of benzene rings is 4. The number of allylic oxidation sites excluding steroid dienone is 4. The number of sulfonamides is 4. The van der Waals surface area contributed by atoms with Gasteiger partial charge in [0.05, 0.1) is 15.5 Å². The average Bonchev–Trinajstić information content (AvgIpc) is 1.70. The summed E-state index contributed by atoms with van der Waals surface area (Å²) < 4.78 is 102. The van der Waals surface area contributed by atoms with Crippen LogP contribution in [0.3, 0.4) is 0 Å². The van der Waals surface area contributed by atoms with Crippen LogP contribution in [0.4, 0.5) is 22.7 Å². The van der Waals surface area contributed by atoms with Gasteiger partial charge in [-0.2, -0.15) is 0 Å². The number of para-hydroxylation sites is 4. The number of nitrogens with zero attached hydrogens (tertiary/aromatic N) is 5. The first-order valence-electron chi connectivity index (χ1n) is 31.9. The number of thiophene rings is 2. The van der Waals surface area contributed by atoms with E-state index in [0.29, 0.717) is 47.7 Å². The minimum atomic E-state index is -3.87. The number of nitrogens with two attached hydrogens (primary N) is 1. The molecule has 12 rings (SSSR count). The fraction of sp³-hybridized carbons (Fsp3) is 0.286. The van der Waals surface area contributed by atoms with E-state index < -0.39 is 99.1 Å². The van der Waals surface area contributed by atoms with Gasteiger partial charge < -0.3 is 26.2 Å². The van der Waals surface area contributed by atoms with Gasteiger partial charge in [-0.1, -0.05) is 139 Å². The number of hydrogen-bond acceptors (Lipinski definition) is 19. The maximum atomic E-state index is 12.8. The zero-order valence-electron chi connectivity index (χ0n) is 58.8. The summed E-state index contributed by atoms with van der Waals surface area (Å²) in [7, 11) is -10.6. The molecule has 2 aliphatic carbocycles. The van der Waals surface area contributed by atoms with Gasteiger partial charge in [0.25, 0.3) is 63.7 Å². The topological polar surface area (TPSA) is 358 Å². The zero-order valence-corrected chi connectivity index (χ0v) is 63.7. The monoisotopic (exact) mass is 1500 g/mol. The highest BCUT2D eigenvalue weighted by Gasteiger charge is 2.49. The molecule has 0 saturated heterocycles. The van der Waals surface area contributed by atoms with Gasteiger partial charge in [0.1, 0.15) is 31.4 Å². The highest BCUT2D eigenvalue weighted by molar-refractivity contribution is 7.94. The summed E-state index contributed by atoms with van der Waals surface area (Å²) in [6.45, 7) is 23.0. The molecular formula is C70H85N9O16S6. The number of aliphatic hydroxyl groups excluding tert-OH is 2. The first kappa shape index (κ1) is 82.2. The number of hydrazine groups is 1. The van der Waals surface area contributed by atoms with Crippen molar-refractivity contribution in [2.24, 2.45) is 11.8 Å². The summed E-state index contributed by atoms with van der Waals surface area (Å²) in [5, 5.41) is 29.5. The number of carbonyl (C=O) groups is 6. The average molecular weight is 1500 g/mol. The van der Waals surface area contributed by atoms with Crippen molar-refractivity contribution in [3.63, 3.8) is 0 Å². The van der Waals surface area contributed by atoms with Gasteiger partial charge in [-0.15, -0.1) is 22.7 Å². The van der Waals surface area contributed by atoms with Crippen LogP contribution in [0.25, 0.3) is 5.57 Å². The van der Waals surface area contributed by atoms with Crippen LogP contribution >= 0.6 is 22.7 Å². The lowest BCUT2D eigenvalue weighted by atomic mass is 9.94. The molecule has 2 aromatic heterocycles. The third kappa shape index (κ3) is 17.3. The molecule has 6 aromatic rings. The molecule has 25 nitrogen and oxygen atoms in total. The number of carbonyl (C=O) groups excluding carboxylic acids is 6. The molecule has 6 amide bonds. The van der Waals surface area contributed by atoms with E-state index >= 15 is 0 Å². The van der Waals surface area contributed by atoms with Crippen molar-refractivity contribution in [1.29, 1.82) is 0 Å². The maximum absolute atomic E-state index is 12.8. The van der Waals surface area contributed by atoms with Gasteiger partial charge in [-0.05, 0) is 124 Å². The second-order valence-corrected chi connectivity index (χ2v) is 32.3. The molecule has 2 atom stereocenters. The van der Waals surface area contributed by atoms with Gasteiger partial charge in [-0.3, -0.25) is 28.8 Å². The van der Waals surface area contributed by atoms with Crippen molar-refractivity contribution >= 4 is 127 Å². The van der Waals surface area contributed by atoms with Crippen LogP contribution in [0, 0.1) is 19.8 Å². The van der Waals surface area contributed by atoms with Crippen LogP contribution in [0.1, 0.15) is 109 Å². The molecule has 0 bridgehead atoms. The second-order valence-electron chi connectivity index (χ2n) is 21.6. The third-order valence-corrected chi connectivity index (χ3v) is 25.5. The fourth-order valence-corrected chi connectivity index (χ4v) is 19.2. The molecule has 0 saturated carbocycles. The van der Waals surface area contributed by atoms with Crippen LogP contribution in [-0.4, -0.2) is 125 Å². The van der Waals surface area contributed by atoms with Crippen LogP contribution in [0.5, 0.6) is 0 Å². The van der Waals surface area contributed by atoms with Gasteiger partial charge in [0.2, 0.25) is 23.6 Å². The fourth-order valence-electron chi connectivity index (χ4n) is 10.4. The van der Waals surface area contributed by atoms with E-state index in [1.165, 1.54) is 40.3 Å². The maximum Gasteiger partial charge on any atom is 0.278 e. The van der Waals surface area contributed by atoms with E-state index in [0.717, 1.165) is 52.9 Å². The Balaban J connectivity index is 0.000000234. The van der Waals surface area contributed by atoms with Crippen LogP contribution in [0.2, 0.25) is 0 Å². The third-order valence-electron chi connectivity index (χ3n) is 15.2. The molecule has 7 N–H and O–H groups in total. The Hall–Kier alpha value is -9.50. The SMILES string of the molecule is CC.CC.CC.CC.CC1=CC2=C(C1)C(C(=O)N(N)c1ccccc1)=C(O)N(C)S2(=O)=O.CC1=CC2=C(C1)C(C(=O)Nc1ccccc1)C(=O)N(C)S2(=O)=O.Cc1cc2c(s1)S(=O)(=O)N(C)C(=O)C2C(=O)Nc1ccccc1.Cc1cc2c(s1)S(=O)(=O)N(C)C(O)=C2C(=O)Nc1ccccc1. The lowest BCUT2D eigenvalue weighted by Crippen LogP contribution is -2.47. The quantitative estimate of drug-likeness (QED) is 0.0357. The van der Waals surface area contributed by atoms with Crippen molar-refractivity contribution < 1.29 is 72.7 Å². The predicted molar refractivity (Wildman–Crippen MR) is 396 cm³/mol. The highest BCUT2D eigenvalue weighted by Crippen LogP contribution is 2.45. The molecule has 542 valence electrons. The molecule has 4 aromatic carbocycles. The number of hydrogen-bond donors (Lipinski definition) is 6. The molecule has 31 heteroatoms. The normalized spacial score (nSPS) is 18.1. The summed E-state index contributed by atoms with van der Waals surface area (Å²) in [4.78, 5) is 77.0. The largest absolute Gasteiger partial charge is 0.493 e. The number of likely N-dealkylation sites (N-methyl/N-ethyl adjacent to an activating group) is 1. The van der Waals surface area contributed by atoms with Gasteiger partial charge in [0.15, 0.2) is 0 Å². The smallest absolute Gasteiger partial charge is 0.278 e. The van der Waals surface area contributed by atoms with E-state index in [9.17, 15) is 72.7 Å². The number of fused-ring (bicyclic) bond motifs is 2.